The lowest BCUT2D eigenvalue weighted by atomic mass is 10.1. The molecule has 0 spiro atoms. The van der Waals surface area contributed by atoms with E-state index in [0.29, 0.717) is 40.7 Å². The first-order chi connectivity index (χ1) is 13.4. The van der Waals surface area contributed by atoms with Crippen molar-refractivity contribution in [1.29, 1.82) is 0 Å². The van der Waals surface area contributed by atoms with Gasteiger partial charge in [-0.25, -0.2) is 14.7 Å². The molecule has 0 saturated carbocycles. The molecule has 0 bridgehead atoms. The van der Waals surface area contributed by atoms with Crippen LogP contribution in [0.25, 0.3) is 0 Å². The second kappa shape index (κ2) is 9.55. The summed E-state index contributed by atoms with van der Waals surface area (Å²) in [5.41, 5.74) is 1.88. The van der Waals surface area contributed by atoms with Crippen LogP contribution in [0.5, 0.6) is 11.5 Å². The van der Waals surface area contributed by atoms with Gasteiger partial charge in [0.1, 0.15) is 24.8 Å². The molecule has 0 radical (unpaired) electrons. The molecular formula is C21H26N3O4+. The highest BCUT2D eigenvalue weighted by Crippen LogP contribution is 2.28. The van der Waals surface area contributed by atoms with Crippen molar-refractivity contribution in [3.05, 3.63) is 59.9 Å². The van der Waals surface area contributed by atoms with Gasteiger partial charge in [-0.15, -0.1) is 0 Å². The maximum Gasteiger partial charge on any atom is 0.338 e. The quantitative estimate of drug-likeness (QED) is 0.302. The number of carbonyl (C=O) groups excluding carboxylic acids is 1. The van der Waals surface area contributed by atoms with Crippen LogP contribution in [-0.4, -0.2) is 33.1 Å². The van der Waals surface area contributed by atoms with Gasteiger partial charge in [-0.1, -0.05) is 12.6 Å². The summed E-state index contributed by atoms with van der Waals surface area (Å²) in [6.45, 7) is 9.49. The van der Waals surface area contributed by atoms with Gasteiger partial charge in [0.15, 0.2) is 6.34 Å². The van der Waals surface area contributed by atoms with E-state index in [2.05, 4.69) is 11.6 Å². The molecule has 0 aliphatic carbocycles. The van der Waals surface area contributed by atoms with Crippen LogP contribution in [0, 0.1) is 6.92 Å². The summed E-state index contributed by atoms with van der Waals surface area (Å²) < 4.78 is 12.7. The molecule has 148 valence electrons. The van der Waals surface area contributed by atoms with Crippen LogP contribution in [0.4, 0.5) is 5.82 Å². The summed E-state index contributed by atoms with van der Waals surface area (Å²) in [5.74, 6) is 1.49. The molecule has 2 rings (SSSR count). The Balaban J connectivity index is 2.35. The Morgan fingerprint density at radius 2 is 2.11 bits per heavy atom. The zero-order valence-electron chi connectivity index (χ0n) is 16.9. The minimum Gasteiger partial charge on any atom is -0.462 e. The Kier molecular flexibility index (Phi) is 7.14. The molecule has 7 nitrogen and oxygen atoms in total. The first-order valence-electron chi connectivity index (χ1n) is 8.84. The molecule has 0 N–H and O–H groups in total. The van der Waals surface area contributed by atoms with Gasteiger partial charge in [-0.2, -0.15) is 0 Å². The van der Waals surface area contributed by atoms with E-state index in [1.165, 1.54) is 0 Å². The smallest absolute Gasteiger partial charge is 0.338 e. The zero-order chi connectivity index (χ0) is 20.7. The summed E-state index contributed by atoms with van der Waals surface area (Å²) in [5, 5.41) is 0. The largest absolute Gasteiger partial charge is 0.462 e. The fourth-order valence-corrected chi connectivity index (χ4v) is 2.46. The van der Waals surface area contributed by atoms with Crippen LogP contribution >= 0.6 is 0 Å². The fraction of sp³-hybridized carbons (Fsp3) is 0.286. The number of nitrogens with zero attached hydrogens (tertiary/aromatic N) is 3. The van der Waals surface area contributed by atoms with Gasteiger partial charge in [0.2, 0.25) is 0 Å². The Morgan fingerprint density at radius 1 is 1.36 bits per heavy atom. The Bertz CT molecular complexity index is 893. The van der Waals surface area contributed by atoms with Crippen molar-refractivity contribution in [2.75, 3.05) is 25.7 Å². The van der Waals surface area contributed by atoms with Crippen molar-refractivity contribution in [2.45, 2.75) is 20.8 Å². The highest BCUT2D eigenvalue weighted by atomic mass is 16.6. The van der Waals surface area contributed by atoms with E-state index in [1.807, 2.05) is 27.0 Å². The number of anilines is 1. The lowest BCUT2D eigenvalue weighted by Gasteiger charge is -2.14. The number of esters is 1. The van der Waals surface area contributed by atoms with Gasteiger partial charge in [0.05, 0.1) is 25.3 Å². The Hall–Kier alpha value is -3.35. The second-order valence-electron chi connectivity index (χ2n) is 6.07. The van der Waals surface area contributed by atoms with Gasteiger partial charge in [-0.05, 0) is 37.6 Å². The van der Waals surface area contributed by atoms with E-state index in [-0.39, 0.29) is 5.97 Å². The third kappa shape index (κ3) is 5.09. The highest BCUT2D eigenvalue weighted by Gasteiger charge is 2.18. The van der Waals surface area contributed by atoms with Crippen LogP contribution in [0.3, 0.4) is 0 Å². The number of hydrogen-bond donors (Lipinski definition) is 0. The van der Waals surface area contributed by atoms with Crippen molar-refractivity contribution < 1.29 is 23.8 Å². The van der Waals surface area contributed by atoms with Crippen LogP contribution in [-0.2, 0) is 4.74 Å². The average Bonchev–Trinajstić information content (AvgIpc) is 2.67. The monoisotopic (exact) mass is 384 g/mol. The maximum atomic E-state index is 12.1. The predicted octanol–water partition coefficient (Wildman–Crippen LogP) is 3.31. The van der Waals surface area contributed by atoms with Gasteiger partial charge in [0.25, 0.3) is 0 Å². The third-order valence-electron chi connectivity index (χ3n) is 3.89. The van der Waals surface area contributed by atoms with E-state index in [1.54, 1.807) is 60.5 Å². The summed E-state index contributed by atoms with van der Waals surface area (Å²) >= 11 is 0. The van der Waals surface area contributed by atoms with E-state index in [9.17, 15) is 4.79 Å². The first-order valence-corrected chi connectivity index (χ1v) is 8.84. The number of benzene rings is 1. The number of rotatable bonds is 8. The molecule has 0 saturated heterocycles. The van der Waals surface area contributed by atoms with E-state index in [4.69, 9.17) is 14.3 Å². The molecular weight excluding hydrogens is 358 g/mol. The molecule has 1 aromatic heterocycles. The van der Waals surface area contributed by atoms with Crippen LogP contribution in [0.1, 0.15) is 29.8 Å². The van der Waals surface area contributed by atoms with Gasteiger partial charge in [0, 0.05) is 17.3 Å². The topological polar surface area (TPSA) is 64.2 Å². The molecule has 0 unspecified atom stereocenters. The second-order valence-corrected chi connectivity index (χ2v) is 6.07. The number of carbonyl (C=O) groups is 1. The molecule has 1 aromatic carbocycles. The summed E-state index contributed by atoms with van der Waals surface area (Å²) in [7, 11) is 3.41. The maximum absolute atomic E-state index is 12.1. The SMILES string of the molecule is C=C(C)N=CN(C)c1cc(Oc2cccc(C(=O)OCC)c2C)cc[n+]1OC. The number of aliphatic imine (C=N–C) groups is 1. The van der Waals surface area contributed by atoms with Crippen molar-refractivity contribution in [1.82, 2.24) is 0 Å². The van der Waals surface area contributed by atoms with E-state index >= 15 is 0 Å². The van der Waals surface area contributed by atoms with Crippen molar-refractivity contribution in [2.24, 2.45) is 4.99 Å². The van der Waals surface area contributed by atoms with Gasteiger partial charge < -0.3 is 14.3 Å². The number of pyridine rings is 1. The molecule has 7 heteroatoms. The minimum atomic E-state index is -0.368. The lowest BCUT2D eigenvalue weighted by Crippen LogP contribution is -2.45. The van der Waals surface area contributed by atoms with E-state index < -0.39 is 0 Å². The molecule has 0 aliphatic heterocycles. The summed E-state index contributed by atoms with van der Waals surface area (Å²) in [6.07, 6.45) is 3.38. The van der Waals surface area contributed by atoms with Crippen LogP contribution in [0.2, 0.25) is 0 Å². The molecule has 0 amide bonds. The number of aromatic nitrogens is 1. The normalized spacial score (nSPS) is 10.6. The predicted molar refractivity (Wildman–Crippen MR) is 108 cm³/mol. The van der Waals surface area contributed by atoms with E-state index in [0.717, 1.165) is 0 Å². The average molecular weight is 384 g/mol. The summed E-state index contributed by atoms with van der Waals surface area (Å²) in [4.78, 5) is 23.4. The van der Waals surface area contributed by atoms with Crippen molar-refractivity contribution in [3.63, 3.8) is 0 Å². The van der Waals surface area contributed by atoms with Crippen molar-refractivity contribution >= 4 is 18.1 Å². The molecule has 0 fully saturated rings. The molecule has 1 heterocycles. The number of ether oxygens (including phenoxy) is 2. The fourth-order valence-electron chi connectivity index (χ4n) is 2.46. The highest BCUT2D eigenvalue weighted by molar-refractivity contribution is 5.91. The molecule has 2 aromatic rings. The van der Waals surface area contributed by atoms with Crippen LogP contribution < -0.4 is 19.2 Å². The van der Waals surface area contributed by atoms with Crippen molar-refractivity contribution in [3.8, 4) is 11.5 Å². The third-order valence-corrected chi connectivity index (χ3v) is 3.89. The first kappa shape index (κ1) is 21.0. The number of hydrogen-bond acceptors (Lipinski definition) is 5. The zero-order valence-corrected chi connectivity index (χ0v) is 16.9. The van der Waals surface area contributed by atoms with Gasteiger partial charge in [-0.3, -0.25) is 0 Å². The standard InChI is InChI=1S/C21H26N3O4/c1-7-27-21(25)18-9-8-10-19(16(18)4)28-17-11-12-24(26-6)20(13-17)23(5)14-22-15(2)3/h8-14H,2,7H2,1,3-6H3/q+1. The Morgan fingerprint density at radius 3 is 2.75 bits per heavy atom. The van der Waals surface area contributed by atoms with Gasteiger partial charge >= 0.3 is 11.8 Å². The molecule has 0 aliphatic rings. The minimum absolute atomic E-state index is 0.320. The number of allylic oxidation sites excluding steroid dienone is 1. The molecule has 0 atom stereocenters. The molecule has 28 heavy (non-hydrogen) atoms. The Labute approximate surface area is 165 Å². The van der Waals surface area contributed by atoms with Crippen LogP contribution in [0.15, 0.2) is 53.8 Å². The lowest BCUT2D eigenvalue weighted by molar-refractivity contribution is -0.875. The summed E-state index contributed by atoms with van der Waals surface area (Å²) in [6, 6.07) is 8.87.